The van der Waals surface area contributed by atoms with E-state index >= 15 is 0 Å². The average molecular weight is 543 g/mol. The Labute approximate surface area is 202 Å². The molecule has 1 fully saturated rings. The predicted molar refractivity (Wildman–Crippen MR) is 138 cm³/mol. The first kappa shape index (κ1) is 24.8. The van der Waals surface area contributed by atoms with Gasteiger partial charge in [-0.15, -0.1) is 35.3 Å². The Morgan fingerprint density at radius 1 is 1.27 bits per heavy atom. The predicted octanol–water partition coefficient (Wildman–Crippen LogP) is 4.77. The molecule has 2 aromatic rings. The van der Waals surface area contributed by atoms with Crippen LogP contribution in [0.15, 0.2) is 28.7 Å². The minimum atomic E-state index is 0. The standard InChI is InChI=1S/C22H34N6S.HI/c1-5-23-22(26-14-21-27-19(15-29-21)16(2)3)25-13-18-6-7-20(24-12-18)28-10-8-17(4)9-11-28;/h6-7,12,15-17H,5,8-11,13-14H2,1-4H3,(H2,23,25,26);1H. The van der Waals surface area contributed by atoms with E-state index in [1.54, 1.807) is 11.3 Å². The van der Waals surface area contributed by atoms with Crippen LogP contribution in [0, 0.1) is 5.92 Å². The molecule has 0 unspecified atom stereocenters. The second-order valence-electron chi connectivity index (χ2n) is 8.06. The largest absolute Gasteiger partial charge is 0.357 e. The van der Waals surface area contributed by atoms with Crippen LogP contribution in [0.25, 0.3) is 0 Å². The normalized spacial score (nSPS) is 15.2. The molecule has 0 aliphatic carbocycles. The smallest absolute Gasteiger partial charge is 0.191 e. The molecule has 0 radical (unpaired) electrons. The van der Waals surface area contributed by atoms with Crippen LogP contribution in [0.2, 0.25) is 0 Å². The van der Waals surface area contributed by atoms with Gasteiger partial charge in [0.05, 0.1) is 18.8 Å². The Balaban J connectivity index is 0.00000320. The molecule has 1 aliphatic heterocycles. The second-order valence-corrected chi connectivity index (χ2v) is 9.01. The third-order valence-corrected chi connectivity index (χ3v) is 6.12. The van der Waals surface area contributed by atoms with Gasteiger partial charge in [-0.1, -0.05) is 26.8 Å². The third-order valence-electron chi connectivity index (χ3n) is 5.25. The summed E-state index contributed by atoms with van der Waals surface area (Å²) in [5.74, 6) is 3.19. The van der Waals surface area contributed by atoms with E-state index in [9.17, 15) is 0 Å². The van der Waals surface area contributed by atoms with E-state index in [4.69, 9.17) is 4.99 Å². The van der Waals surface area contributed by atoms with Crippen molar-refractivity contribution in [2.75, 3.05) is 24.5 Å². The topological polar surface area (TPSA) is 65.4 Å². The summed E-state index contributed by atoms with van der Waals surface area (Å²) in [5.41, 5.74) is 2.27. The summed E-state index contributed by atoms with van der Waals surface area (Å²) in [6.45, 7) is 13.1. The summed E-state index contributed by atoms with van der Waals surface area (Å²) in [6, 6.07) is 4.27. The van der Waals surface area contributed by atoms with Crippen molar-refractivity contribution in [2.24, 2.45) is 10.9 Å². The van der Waals surface area contributed by atoms with E-state index in [2.05, 4.69) is 70.7 Å². The molecule has 8 heteroatoms. The fraction of sp³-hybridized carbons (Fsp3) is 0.591. The summed E-state index contributed by atoms with van der Waals surface area (Å²) in [6.07, 6.45) is 4.46. The lowest BCUT2D eigenvalue weighted by Gasteiger charge is -2.31. The number of thiazole rings is 1. The van der Waals surface area contributed by atoms with Gasteiger partial charge in [0.2, 0.25) is 0 Å². The molecule has 2 aromatic heterocycles. The van der Waals surface area contributed by atoms with Crippen LogP contribution < -0.4 is 15.5 Å². The van der Waals surface area contributed by atoms with Crippen molar-refractivity contribution >= 4 is 47.1 Å². The maximum Gasteiger partial charge on any atom is 0.191 e. The Hall–Kier alpha value is -1.42. The van der Waals surface area contributed by atoms with Gasteiger partial charge in [-0.3, -0.25) is 0 Å². The highest BCUT2D eigenvalue weighted by atomic mass is 127. The Morgan fingerprint density at radius 3 is 2.63 bits per heavy atom. The second kappa shape index (κ2) is 12.4. The van der Waals surface area contributed by atoms with Crippen LogP contribution >= 0.6 is 35.3 Å². The van der Waals surface area contributed by atoms with Crippen molar-refractivity contribution in [1.82, 2.24) is 20.6 Å². The average Bonchev–Trinajstić information content (AvgIpc) is 3.21. The molecule has 0 aromatic carbocycles. The lowest BCUT2D eigenvalue weighted by atomic mass is 9.99. The molecule has 1 saturated heterocycles. The fourth-order valence-corrected chi connectivity index (χ4v) is 4.17. The van der Waals surface area contributed by atoms with Gasteiger partial charge in [0.25, 0.3) is 0 Å². The first-order valence-electron chi connectivity index (χ1n) is 10.7. The van der Waals surface area contributed by atoms with Crippen molar-refractivity contribution in [1.29, 1.82) is 0 Å². The summed E-state index contributed by atoms with van der Waals surface area (Å²) < 4.78 is 0. The van der Waals surface area contributed by atoms with Crippen molar-refractivity contribution in [3.05, 3.63) is 40.0 Å². The van der Waals surface area contributed by atoms with Gasteiger partial charge in [-0.25, -0.2) is 15.0 Å². The number of piperidine rings is 1. The van der Waals surface area contributed by atoms with E-state index < -0.39 is 0 Å². The fourth-order valence-electron chi connectivity index (χ4n) is 3.28. The molecule has 0 bridgehead atoms. The van der Waals surface area contributed by atoms with Crippen molar-refractivity contribution in [3.63, 3.8) is 0 Å². The van der Waals surface area contributed by atoms with Crippen LogP contribution in [0.5, 0.6) is 0 Å². The Morgan fingerprint density at radius 2 is 2.03 bits per heavy atom. The number of aliphatic imine (C=N–C) groups is 1. The summed E-state index contributed by atoms with van der Waals surface area (Å²) in [4.78, 5) is 16.4. The summed E-state index contributed by atoms with van der Waals surface area (Å²) in [5, 5.41) is 9.92. The van der Waals surface area contributed by atoms with Crippen LogP contribution in [-0.2, 0) is 13.1 Å². The molecule has 30 heavy (non-hydrogen) atoms. The number of hydrogen-bond donors (Lipinski definition) is 2. The minimum absolute atomic E-state index is 0. The molecule has 0 saturated carbocycles. The molecule has 3 heterocycles. The molecular formula is C22H35IN6S. The highest BCUT2D eigenvalue weighted by molar-refractivity contribution is 14.0. The number of hydrogen-bond acceptors (Lipinski definition) is 5. The van der Waals surface area contributed by atoms with E-state index in [1.807, 2.05) is 6.20 Å². The van der Waals surface area contributed by atoms with Crippen molar-refractivity contribution in [3.8, 4) is 0 Å². The number of nitrogens with zero attached hydrogens (tertiary/aromatic N) is 4. The maximum atomic E-state index is 4.71. The summed E-state index contributed by atoms with van der Waals surface area (Å²) in [7, 11) is 0. The minimum Gasteiger partial charge on any atom is -0.357 e. The molecule has 3 rings (SSSR count). The molecule has 166 valence electrons. The van der Waals surface area contributed by atoms with Crippen LogP contribution in [0.1, 0.15) is 62.7 Å². The van der Waals surface area contributed by atoms with Gasteiger partial charge >= 0.3 is 0 Å². The Kier molecular flexibility index (Phi) is 10.3. The van der Waals surface area contributed by atoms with E-state index in [0.717, 1.165) is 53.6 Å². The molecule has 0 amide bonds. The van der Waals surface area contributed by atoms with Gasteiger partial charge in [-0.05, 0) is 43.2 Å². The zero-order valence-corrected chi connectivity index (χ0v) is 21.7. The third kappa shape index (κ3) is 7.37. The first-order valence-corrected chi connectivity index (χ1v) is 11.6. The number of pyridine rings is 1. The zero-order chi connectivity index (χ0) is 20.6. The monoisotopic (exact) mass is 542 g/mol. The van der Waals surface area contributed by atoms with Gasteiger partial charge in [0.1, 0.15) is 10.8 Å². The number of guanidine groups is 1. The molecule has 0 atom stereocenters. The van der Waals surface area contributed by atoms with Gasteiger partial charge in [0.15, 0.2) is 5.96 Å². The first-order chi connectivity index (χ1) is 14.0. The van der Waals surface area contributed by atoms with Gasteiger partial charge in [-0.2, -0.15) is 0 Å². The molecular weight excluding hydrogens is 507 g/mol. The van der Waals surface area contributed by atoms with Crippen LogP contribution in [-0.4, -0.2) is 35.6 Å². The van der Waals surface area contributed by atoms with Crippen LogP contribution in [0.3, 0.4) is 0 Å². The zero-order valence-electron chi connectivity index (χ0n) is 18.5. The Bertz CT molecular complexity index is 781. The van der Waals surface area contributed by atoms with E-state index in [0.29, 0.717) is 19.0 Å². The van der Waals surface area contributed by atoms with Crippen LogP contribution in [0.4, 0.5) is 5.82 Å². The lowest BCUT2D eigenvalue weighted by Crippen LogP contribution is -2.36. The van der Waals surface area contributed by atoms with Gasteiger partial charge in [0, 0.05) is 31.2 Å². The SMILES string of the molecule is CCNC(=NCc1ccc(N2CCC(C)CC2)nc1)NCc1nc(C(C)C)cs1.I. The van der Waals surface area contributed by atoms with Gasteiger partial charge < -0.3 is 15.5 Å². The number of nitrogens with one attached hydrogen (secondary N) is 2. The molecule has 6 nitrogen and oxygen atoms in total. The number of halogens is 1. The van der Waals surface area contributed by atoms with Crippen molar-refractivity contribution in [2.45, 2.75) is 59.5 Å². The highest BCUT2D eigenvalue weighted by Gasteiger charge is 2.16. The number of aromatic nitrogens is 2. The molecule has 0 spiro atoms. The maximum absolute atomic E-state index is 4.71. The molecule has 1 aliphatic rings. The quantitative estimate of drug-likeness (QED) is 0.300. The highest BCUT2D eigenvalue weighted by Crippen LogP contribution is 2.21. The van der Waals surface area contributed by atoms with E-state index in [-0.39, 0.29) is 24.0 Å². The van der Waals surface area contributed by atoms with E-state index in [1.165, 1.54) is 12.8 Å². The lowest BCUT2D eigenvalue weighted by molar-refractivity contribution is 0.436. The molecule has 2 N–H and O–H groups in total. The summed E-state index contributed by atoms with van der Waals surface area (Å²) >= 11 is 1.70. The van der Waals surface area contributed by atoms with Crippen molar-refractivity contribution < 1.29 is 0 Å². The number of rotatable bonds is 7. The number of anilines is 1.